The van der Waals surface area contributed by atoms with Gasteiger partial charge in [-0.25, -0.2) is 4.79 Å². The molecule has 0 saturated heterocycles. The van der Waals surface area contributed by atoms with Gasteiger partial charge in [-0.1, -0.05) is 34.8 Å². The molecular weight excluding hydrogens is 333 g/mol. The lowest BCUT2D eigenvalue weighted by Crippen LogP contribution is -2.41. The van der Waals surface area contributed by atoms with Crippen LogP contribution in [0.15, 0.2) is 0 Å². The number of hydrogen-bond acceptors (Lipinski definition) is 4. The fraction of sp³-hybridized carbons (Fsp3) is 0.857. The van der Waals surface area contributed by atoms with Crippen LogP contribution in [-0.2, 0) is 14.0 Å². The van der Waals surface area contributed by atoms with E-state index in [-0.39, 0.29) is 6.61 Å². The molecule has 5 nitrogen and oxygen atoms in total. The molecule has 0 aliphatic heterocycles. The zero-order chi connectivity index (χ0) is 14.3. The molecule has 0 aromatic carbocycles. The summed E-state index contributed by atoms with van der Waals surface area (Å²) in [7, 11) is -2.18. The summed E-state index contributed by atoms with van der Waals surface area (Å²) in [5, 5.41) is 0. The van der Waals surface area contributed by atoms with Gasteiger partial charge < -0.3 is 9.47 Å². The number of ether oxygens (including phenoxy) is 2. The van der Waals surface area contributed by atoms with Crippen molar-refractivity contribution in [3.63, 3.8) is 0 Å². The fourth-order valence-electron chi connectivity index (χ4n) is 0.414. The van der Waals surface area contributed by atoms with Crippen LogP contribution in [0, 0.1) is 0 Å². The molecule has 1 atom stereocenters. The summed E-state index contributed by atoms with van der Waals surface area (Å²) >= 11 is 19.7. The molecule has 0 aromatic rings. The monoisotopic (exact) mass is 345 g/mol. The number of carbonyl (C=O) groups excluding carboxylic acids is 1. The third kappa shape index (κ3) is 11.4. The van der Waals surface area contributed by atoms with Gasteiger partial charge in [0.15, 0.2) is 5.60 Å². The molecule has 0 amide bonds. The van der Waals surface area contributed by atoms with Crippen molar-refractivity contribution in [3.05, 3.63) is 0 Å². The largest absolute Gasteiger partial charge is 0.579 e. The number of halogens is 3. The first-order chi connectivity index (χ1) is 7.44. The first-order valence-corrected chi connectivity index (χ1v) is 7.71. The molecule has 0 aromatic heterocycles. The fourth-order valence-corrected chi connectivity index (χ4v) is 0.529. The van der Waals surface area contributed by atoms with Crippen LogP contribution < -0.4 is 0 Å². The second-order valence-electron chi connectivity index (χ2n) is 3.05. The molecule has 0 bridgehead atoms. The van der Waals surface area contributed by atoms with E-state index in [1.54, 1.807) is 6.92 Å². The van der Waals surface area contributed by atoms with Crippen molar-refractivity contribution in [1.82, 2.24) is 0 Å². The van der Waals surface area contributed by atoms with E-state index in [0.717, 1.165) is 0 Å². The summed E-state index contributed by atoms with van der Waals surface area (Å²) in [5.74, 6) is 0. The Balaban J connectivity index is 0. The van der Waals surface area contributed by atoms with Gasteiger partial charge in [0.1, 0.15) is 12.2 Å². The maximum Gasteiger partial charge on any atom is 0.579 e. The van der Waals surface area contributed by atoms with Crippen LogP contribution in [0.3, 0.4) is 0 Å². The molecule has 0 aliphatic rings. The van der Waals surface area contributed by atoms with Crippen LogP contribution in [0.25, 0.3) is 0 Å². The van der Waals surface area contributed by atoms with Gasteiger partial charge in [-0.05, 0) is 25.3 Å². The van der Waals surface area contributed by atoms with E-state index in [2.05, 4.69) is 17.0 Å². The first-order valence-electron chi connectivity index (χ1n) is 4.21. The summed E-state index contributed by atoms with van der Waals surface area (Å²) in [5.41, 5.74) is -1.22. The SMILES string of the molecule is CCOC(=O)OC(C)(C)C(Cl)(Cl)Cl.O=[P+](O)S. The van der Waals surface area contributed by atoms with Crippen molar-refractivity contribution in [2.24, 2.45) is 0 Å². The highest BCUT2D eigenvalue weighted by molar-refractivity contribution is 8.38. The van der Waals surface area contributed by atoms with Crippen molar-refractivity contribution in [3.8, 4) is 0 Å². The maximum atomic E-state index is 10.9. The van der Waals surface area contributed by atoms with E-state index >= 15 is 0 Å². The summed E-state index contributed by atoms with van der Waals surface area (Å²) in [6.45, 7) is 4.84. The van der Waals surface area contributed by atoms with Gasteiger partial charge in [0, 0.05) is 0 Å². The highest BCUT2D eigenvalue weighted by atomic mass is 35.6. The van der Waals surface area contributed by atoms with Gasteiger partial charge in [0.05, 0.1) is 6.61 Å². The number of hydrogen-bond donors (Lipinski definition) is 2. The molecule has 1 unspecified atom stereocenters. The maximum absolute atomic E-state index is 10.9. The number of rotatable bonds is 2. The van der Waals surface area contributed by atoms with E-state index in [1.165, 1.54) is 13.8 Å². The summed E-state index contributed by atoms with van der Waals surface area (Å²) < 4.78 is 16.7. The Hall–Kier alpha value is 0.550. The Morgan fingerprint density at radius 3 is 2.00 bits per heavy atom. The zero-order valence-electron chi connectivity index (χ0n) is 9.32. The van der Waals surface area contributed by atoms with Crippen molar-refractivity contribution < 1.29 is 23.7 Å². The predicted molar refractivity (Wildman–Crippen MR) is 71.3 cm³/mol. The minimum atomic E-state index is -2.18. The van der Waals surface area contributed by atoms with E-state index in [9.17, 15) is 4.79 Å². The minimum absolute atomic E-state index is 0.217. The number of thiol groups is 1. The Morgan fingerprint density at radius 2 is 1.76 bits per heavy atom. The Labute approximate surface area is 121 Å². The molecule has 0 rings (SSSR count). The van der Waals surface area contributed by atoms with Gasteiger partial charge >= 0.3 is 13.4 Å². The van der Waals surface area contributed by atoms with Crippen LogP contribution >= 0.6 is 54.3 Å². The number of carbonyl (C=O) groups is 1. The molecule has 0 fully saturated rings. The molecule has 0 saturated carbocycles. The Bertz CT molecular complexity index is 265. The average Bonchev–Trinajstić information content (AvgIpc) is 1.99. The van der Waals surface area contributed by atoms with Crippen molar-refractivity contribution in [1.29, 1.82) is 0 Å². The molecule has 10 heteroatoms. The molecule has 0 radical (unpaired) electrons. The molecule has 102 valence electrons. The van der Waals surface area contributed by atoms with Crippen LogP contribution in [0.1, 0.15) is 20.8 Å². The third-order valence-electron chi connectivity index (χ3n) is 1.28. The van der Waals surface area contributed by atoms with Crippen LogP contribution in [-0.4, -0.2) is 27.0 Å². The lowest BCUT2D eigenvalue weighted by Gasteiger charge is -2.30. The summed E-state index contributed by atoms with van der Waals surface area (Å²) in [6.07, 6.45) is -0.848. The standard InChI is InChI=1S/C7H11Cl3O3.HO2PS/c1-4-12-5(11)13-6(2,3)7(8,9)10;1-3(2)4/h4H2,1-3H3;(H-,1,2,4)/p+1. The van der Waals surface area contributed by atoms with Crippen molar-refractivity contribution in [2.75, 3.05) is 6.61 Å². The van der Waals surface area contributed by atoms with Gasteiger partial charge in [-0.15, -0.1) is 0 Å². The molecule has 0 spiro atoms. The normalized spacial score (nSPS) is 12.1. The van der Waals surface area contributed by atoms with Gasteiger partial charge in [-0.2, -0.15) is 4.89 Å². The van der Waals surface area contributed by atoms with E-state index in [1.807, 2.05) is 0 Å². The number of alkyl halides is 3. The Kier molecular flexibility index (Phi) is 10.1. The average molecular weight is 347 g/mol. The zero-order valence-corrected chi connectivity index (χ0v) is 13.4. The van der Waals surface area contributed by atoms with Crippen LogP contribution in [0.2, 0.25) is 0 Å². The van der Waals surface area contributed by atoms with E-state index in [4.69, 9.17) is 49.0 Å². The lowest BCUT2D eigenvalue weighted by molar-refractivity contribution is -0.0124. The summed E-state index contributed by atoms with van der Waals surface area (Å²) in [6, 6.07) is 0. The molecule has 0 heterocycles. The minimum Gasteiger partial charge on any atom is -0.435 e. The van der Waals surface area contributed by atoms with E-state index < -0.39 is 22.8 Å². The van der Waals surface area contributed by atoms with E-state index in [0.29, 0.717) is 0 Å². The lowest BCUT2D eigenvalue weighted by atomic mass is 10.2. The quantitative estimate of drug-likeness (QED) is 0.344. The highest BCUT2D eigenvalue weighted by Gasteiger charge is 2.44. The van der Waals surface area contributed by atoms with Crippen LogP contribution in [0.4, 0.5) is 4.79 Å². The molecular formula is C7H13Cl3O5PS+. The first kappa shape index (κ1) is 19.9. The van der Waals surface area contributed by atoms with Crippen molar-refractivity contribution in [2.45, 2.75) is 30.2 Å². The molecule has 1 N–H and O–H groups in total. The topological polar surface area (TPSA) is 72.8 Å². The van der Waals surface area contributed by atoms with Gasteiger partial charge in [0.25, 0.3) is 0 Å². The summed E-state index contributed by atoms with van der Waals surface area (Å²) in [4.78, 5) is 18.3. The molecule has 17 heavy (non-hydrogen) atoms. The van der Waals surface area contributed by atoms with Crippen LogP contribution in [0.5, 0.6) is 0 Å². The predicted octanol–water partition coefficient (Wildman–Crippen LogP) is 3.87. The van der Waals surface area contributed by atoms with Gasteiger partial charge in [-0.3, -0.25) is 0 Å². The smallest absolute Gasteiger partial charge is 0.435 e. The Morgan fingerprint density at radius 1 is 1.41 bits per heavy atom. The van der Waals surface area contributed by atoms with Gasteiger partial charge in [0.2, 0.25) is 3.79 Å². The second kappa shape index (κ2) is 8.62. The second-order valence-corrected chi connectivity index (χ2v) is 6.86. The van der Waals surface area contributed by atoms with Crippen molar-refractivity contribution >= 4 is 60.4 Å². The molecule has 0 aliphatic carbocycles. The third-order valence-corrected chi connectivity index (χ3v) is 2.65. The highest BCUT2D eigenvalue weighted by Crippen LogP contribution is 2.40.